The molecule has 0 bridgehead atoms. The number of rotatable bonds is 9. The van der Waals surface area contributed by atoms with Gasteiger partial charge in [0.05, 0.1) is 16.8 Å². The Labute approximate surface area is 167 Å². The van der Waals surface area contributed by atoms with Crippen LogP contribution >= 0.6 is 11.6 Å². The summed E-state index contributed by atoms with van der Waals surface area (Å²) in [6, 6.07) is 18.7. The van der Waals surface area contributed by atoms with Gasteiger partial charge in [-0.2, -0.15) is 0 Å². The van der Waals surface area contributed by atoms with Crippen molar-refractivity contribution in [3.05, 3.63) is 71.4 Å². The molecule has 0 aliphatic carbocycles. The predicted octanol–water partition coefficient (Wildman–Crippen LogP) is 4.87. The van der Waals surface area contributed by atoms with Gasteiger partial charge in [0, 0.05) is 38.7 Å². The van der Waals surface area contributed by atoms with Crippen LogP contribution in [0.15, 0.2) is 66.4 Å². The monoisotopic (exact) mass is 385 g/mol. The third kappa shape index (κ3) is 5.25. The van der Waals surface area contributed by atoms with Gasteiger partial charge in [-0.05, 0) is 49.6 Å². The minimum Gasteiger partial charge on any atom is -0.382 e. The molecular weight excluding hydrogens is 358 g/mol. The van der Waals surface area contributed by atoms with Crippen molar-refractivity contribution in [3.8, 4) is 0 Å². The van der Waals surface area contributed by atoms with E-state index in [-0.39, 0.29) is 6.04 Å². The molecule has 1 aliphatic rings. The molecule has 0 fully saturated rings. The maximum atomic E-state index is 6.41. The molecule has 144 valence electrons. The summed E-state index contributed by atoms with van der Waals surface area (Å²) in [5, 5.41) is 2.80. The molecular formula is C22H28ClN3O. The van der Waals surface area contributed by atoms with Gasteiger partial charge in [-0.15, -0.1) is 0 Å². The number of halogens is 1. The molecule has 0 spiro atoms. The molecule has 1 heterocycles. The van der Waals surface area contributed by atoms with Gasteiger partial charge < -0.3 is 9.64 Å². The van der Waals surface area contributed by atoms with E-state index in [1.165, 1.54) is 11.3 Å². The third-order valence-corrected chi connectivity index (χ3v) is 5.07. The van der Waals surface area contributed by atoms with Crippen LogP contribution in [0, 0.1) is 0 Å². The van der Waals surface area contributed by atoms with Gasteiger partial charge in [0.2, 0.25) is 0 Å². The first kappa shape index (κ1) is 19.7. The second-order valence-corrected chi connectivity index (χ2v) is 7.15. The predicted molar refractivity (Wildman–Crippen MR) is 114 cm³/mol. The van der Waals surface area contributed by atoms with Crippen molar-refractivity contribution in [2.45, 2.75) is 25.8 Å². The summed E-state index contributed by atoms with van der Waals surface area (Å²) in [6.45, 7) is 4.45. The summed E-state index contributed by atoms with van der Waals surface area (Å²) < 4.78 is 5.52. The van der Waals surface area contributed by atoms with E-state index in [1.807, 2.05) is 37.3 Å². The molecule has 1 aliphatic heterocycles. The molecule has 27 heavy (non-hydrogen) atoms. The second kappa shape index (κ2) is 9.79. The van der Waals surface area contributed by atoms with Gasteiger partial charge in [0.15, 0.2) is 0 Å². The minimum absolute atomic E-state index is 0.271. The SMILES string of the molecule is CCOCCCC1NN(c2ccccc2Cl)C=C1CN(C)c1ccccc1. The number of hydrogen-bond acceptors (Lipinski definition) is 4. The van der Waals surface area contributed by atoms with Crippen LogP contribution in [0.5, 0.6) is 0 Å². The molecule has 1 N–H and O–H groups in total. The van der Waals surface area contributed by atoms with E-state index in [4.69, 9.17) is 16.3 Å². The highest BCUT2D eigenvalue weighted by molar-refractivity contribution is 6.33. The highest BCUT2D eigenvalue weighted by Gasteiger charge is 2.26. The zero-order valence-corrected chi connectivity index (χ0v) is 16.8. The summed E-state index contributed by atoms with van der Waals surface area (Å²) in [4.78, 5) is 2.28. The molecule has 0 radical (unpaired) electrons. The molecule has 3 rings (SSSR count). The van der Waals surface area contributed by atoms with E-state index in [9.17, 15) is 0 Å². The van der Waals surface area contributed by atoms with Gasteiger partial charge in [-0.3, -0.25) is 5.01 Å². The molecule has 1 atom stereocenters. The average Bonchev–Trinajstić information content (AvgIpc) is 3.08. The molecule has 0 aromatic heterocycles. The van der Waals surface area contributed by atoms with Gasteiger partial charge in [0.1, 0.15) is 0 Å². The van der Waals surface area contributed by atoms with Crippen LogP contribution in [0.4, 0.5) is 11.4 Å². The largest absolute Gasteiger partial charge is 0.382 e. The second-order valence-electron chi connectivity index (χ2n) is 6.74. The van der Waals surface area contributed by atoms with Crippen molar-refractivity contribution >= 4 is 23.0 Å². The topological polar surface area (TPSA) is 27.7 Å². The number of para-hydroxylation sites is 2. The van der Waals surface area contributed by atoms with Crippen LogP contribution in [-0.2, 0) is 4.74 Å². The van der Waals surface area contributed by atoms with E-state index in [0.29, 0.717) is 0 Å². The first-order valence-corrected chi connectivity index (χ1v) is 9.91. The van der Waals surface area contributed by atoms with Crippen molar-refractivity contribution in [2.24, 2.45) is 0 Å². The lowest BCUT2D eigenvalue weighted by Gasteiger charge is -2.24. The fourth-order valence-corrected chi connectivity index (χ4v) is 3.54. The summed E-state index contributed by atoms with van der Waals surface area (Å²) in [7, 11) is 2.13. The Morgan fingerprint density at radius 1 is 1.11 bits per heavy atom. The van der Waals surface area contributed by atoms with Gasteiger partial charge in [-0.25, -0.2) is 5.43 Å². The Balaban J connectivity index is 1.74. The number of hydrazine groups is 1. The first-order chi connectivity index (χ1) is 13.2. The maximum Gasteiger partial charge on any atom is 0.0757 e. The van der Waals surface area contributed by atoms with E-state index in [0.717, 1.165) is 43.3 Å². The molecule has 5 heteroatoms. The fourth-order valence-electron chi connectivity index (χ4n) is 3.31. The normalized spacial score (nSPS) is 16.5. The van der Waals surface area contributed by atoms with Gasteiger partial charge >= 0.3 is 0 Å². The number of hydrogen-bond donors (Lipinski definition) is 1. The van der Waals surface area contributed by atoms with Crippen LogP contribution in [0.3, 0.4) is 0 Å². The number of anilines is 2. The van der Waals surface area contributed by atoms with Crippen LogP contribution in [0.1, 0.15) is 19.8 Å². The summed E-state index contributed by atoms with van der Waals surface area (Å²) >= 11 is 6.41. The molecule has 0 amide bonds. The van der Waals surface area contributed by atoms with Gasteiger partial charge in [0.25, 0.3) is 0 Å². The smallest absolute Gasteiger partial charge is 0.0757 e. The first-order valence-electron chi connectivity index (χ1n) is 9.53. The quantitative estimate of drug-likeness (QED) is 0.623. The average molecular weight is 386 g/mol. The number of benzene rings is 2. The van der Waals surface area contributed by atoms with Crippen molar-refractivity contribution in [3.63, 3.8) is 0 Å². The molecule has 2 aromatic rings. The van der Waals surface area contributed by atoms with E-state index in [2.05, 4.69) is 52.8 Å². The standard InChI is InChI=1S/C22H28ClN3O/c1-3-27-15-9-13-21-18(16-25(2)19-10-5-4-6-11-19)17-26(24-21)22-14-8-7-12-20(22)23/h4-8,10-12,14,17,21,24H,3,9,13,15-16H2,1-2H3. The molecule has 0 saturated heterocycles. The van der Waals surface area contributed by atoms with Crippen LogP contribution in [-0.4, -0.2) is 32.8 Å². The molecule has 2 aromatic carbocycles. The zero-order valence-electron chi connectivity index (χ0n) is 16.1. The number of nitrogens with one attached hydrogen (secondary N) is 1. The zero-order chi connectivity index (χ0) is 19.1. The summed E-state index contributed by atoms with van der Waals surface area (Å²) in [5.41, 5.74) is 7.14. The van der Waals surface area contributed by atoms with Crippen LogP contribution in [0.2, 0.25) is 5.02 Å². The molecule has 1 unspecified atom stereocenters. The lowest BCUT2D eigenvalue weighted by Crippen LogP contribution is -2.37. The van der Waals surface area contributed by atoms with Crippen LogP contribution in [0.25, 0.3) is 0 Å². The Bertz CT molecular complexity index is 750. The Hall–Kier alpha value is -2.01. The Morgan fingerprint density at radius 2 is 1.85 bits per heavy atom. The Kier molecular flexibility index (Phi) is 7.16. The summed E-state index contributed by atoms with van der Waals surface area (Å²) in [6.07, 6.45) is 4.23. The lowest BCUT2D eigenvalue weighted by molar-refractivity contribution is 0.142. The third-order valence-electron chi connectivity index (χ3n) is 4.75. The van der Waals surface area contributed by atoms with E-state index < -0.39 is 0 Å². The maximum absolute atomic E-state index is 6.41. The van der Waals surface area contributed by atoms with Gasteiger partial charge in [-0.1, -0.05) is 41.9 Å². The highest BCUT2D eigenvalue weighted by atomic mass is 35.5. The fraction of sp³-hybridized carbons (Fsp3) is 0.364. The van der Waals surface area contributed by atoms with Crippen molar-refractivity contribution in [2.75, 3.05) is 36.7 Å². The summed E-state index contributed by atoms with van der Waals surface area (Å²) in [5.74, 6) is 0. The van der Waals surface area contributed by atoms with E-state index in [1.54, 1.807) is 0 Å². The number of ether oxygens (including phenoxy) is 1. The van der Waals surface area contributed by atoms with Crippen molar-refractivity contribution < 1.29 is 4.74 Å². The minimum atomic E-state index is 0.271. The lowest BCUT2D eigenvalue weighted by atomic mass is 10.0. The number of nitrogens with zero attached hydrogens (tertiary/aromatic N) is 2. The van der Waals surface area contributed by atoms with Crippen molar-refractivity contribution in [1.82, 2.24) is 5.43 Å². The van der Waals surface area contributed by atoms with Crippen LogP contribution < -0.4 is 15.3 Å². The highest BCUT2D eigenvalue weighted by Crippen LogP contribution is 2.29. The van der Waals surface area contributed by atoms with E-state index >= 15 is 0 Å². The molecule has 4 nitrogen and oxygen atoms in total. The molecule has 0 saturated carbocycles. The van der Waals surface area contributed by atoms with Crippen molar-refractivity contribution in [1.29, 1.82) is 0 Å². The number of likely N-dealkylation sites (N-methyl/N-ethyl adjacent to an activating group) is 1. The Morgan fingerprint density at radius 3 is 2.59 bits per heavy atom.